The van der Waals surface area contributed by atoms with E-state index in [0.717, 1.165) is 32.4 Å². The summed E-state index contributed by atoms with van der Waals surface area (Å²) in [6, 6.07) is 8.34. The van der Waals surface area contributed by atoms with Crippen molar-refractivity contribution < 1.29 is 23.4 Å². The molecule has 26 heavy (non-hydrogen) atoms. The van der Waals surface area contributed by atoms with Crippen LogP contribution in [0.25, 0.3) is 0 Å². The Kier molecular flexibility index (Phi) is 5.92. The van der Waals surface area contributed by atoms with Gasteiger partial charge < -0.3 is 15.2 Å². The van der Waals surface area contributed by atoms with Gasteiger partial charge in [0.15, 0.2) is 5.60 Å². The summed E-state index contributed by atoms with van der Waals surface area (Å²) in [5.41, 5.74) is -1.69. The second-order valence-electron chi connectivity index (χ2n) is 7.55. The maximum absolute atomic E-state index is 13.7. The van der Waals surface area contributed by atoms with Gasteiger partial charge in [-0.05, 0) is 50.3 Å². The summed E-state index contributed by atoms with van der Waals surface area (Å²) < 4.78 is 32.9. The fraction of sp³-hybridized carbons (Fsp3) is 0.650. The molecule has 144 valence electrons. The number of aliphatic hydroxyl groups is 1. The maximum Gasteiger partial charge on any atom is 0.343 e. The zero-order valence-electron chi connectivity index (χ0n) is 14.9. The molecule has 4 nitrogen and oxygen atoms in total. The molecule has 0 radical (unpaired) electrons. The molecule has 0 amide bonds. The number of halogens is 2. The van der Waals surface area contributed by atoms with Crippen molar-refractivity contribution in [1.29, 1.82) is 0 Å². The van der Waals surface area contributed by atoms with Gasteiger partial charge >= 0.3 is 5.97 Å². The Labute approximate surface area is 152 Å². The first kappa shape index (κ1) is 19.2. The molecule has 6 heteroatoms. The van der Waals surface area contributed by atoms with E-state index < -0.39 is 29.8 Å². The van der Waals surface area contributed by atoms with E-state index in [1.54, 1.807) is 30.3 Å². The topological polar surface area (TPSA) is 58.6 Å². The minimum absolute atomic E-state index is 0.0990. The lowest BCUT2D eigenvalue weighted by molar-refractivity contribution is -0.175. The SMILES string of the molecule is O=C(OCCC1CCNCC1)C(O)(c1ccccc1)C1CCC(F)(F)C1. The van der Waals surface area contributed by atoms with Gasteiger partial charge in [-0.15, -0.1) is 0 Å². The lowest BCUT2D eigenvalue weighted by atomic mass is 9.80. The first-order valence-electron chi connectivity index (χ1n) is 9.45. The Hall–Kier alpha value is -1.53. The minimum Gasteiger partial charge on any atom is -0.463 e. The van der Waals surface area contributed by atoms with Crippen LogP contribution in [0.1, 0.15) is 44.1 Å². The number of nitrogens with one attached hydrogen (secondary N) is 1. The Morgan fingerprint density at radius 2 is 1.92 bits per heavy atom. The third-order valence-corrected chi connectivity index (χ3v) is 5.74. The zero-order chi connectivity index (χ0) is 18.6. The highest BCUT2D eigenvalue weighted by atomic mass is 19.3. The van der Waals surface area contributed by atoms with E-state index in [9.17, 15) is 18.7 Å². The van der Waals surface area contributed by atoms with Crippen LogP contribution in [0.3, 0.4) is 0 Å². The molecule has 1 aromatic rings. The van der Waals surface area contributed by atoms with Crippen molar-refractivity contribution in [2.75, 3.05) is 19.7 Å². The summed E-state index contributed by atoms with van der Waals surface area (Å²) >= 11 is 0. The molecule has 2 fully saturated rings. The van der Waals surface area contributed by atoms with Gasteiger partial charge in [0.1, 0.15) is 0 Å². The largest absolute Gasteiger partial charge is 0.463 e. The van der Waals surface area contributed by atoms with Gasteiger partial charge in [-0.2, -0.15) is 0 Å². The van der Waals surface area contributed by atoms with Crippen molar-refractivity contribution in [3.05, 3.63) is 35.9 Å². The van der Waals surface area contributed by atoms with Crippen LogP contribution in [0.15, 0.2) is 30.3 Å². The number of piperidine rings is 1. The van der Waals surface area contributed by atoms with Gasteiger partial charge in [0.2, 0.25) is 5.92 Å². The molecule has 1 heterocycles. The molecule has 0 aromatic heterocycles. The fourth-order valence-electron chi connectivity index (χ4n) is 4.12. The monoisotopic (exact) mass is 367 g/mol. The zero-order valence-corrected chi connectivity index (χ0v) is 14.9. The van der Waals surface area contributed by atoms with E-state index >= 15 is 0 Å². The average Bonchev–Trinajstić information content (AvgIpc) is 3.03. The smallest absolute Gasteiger partial charge is 0.343 e. The van der Waals surface area contributed by atoms with Crippen LogP contribution in [0.2, 0.25) is 0 Å². The summed E-state index contributed by atoms with van der Waals surface area (Å²) in [7, 11) is 0. The van der Waals surface area contributed by atoms with Crippen molar-refractivity contribution >= 4 is 5.97 Å². The average molecular weight is 367 g/mol. The summed E-state index contributed by atoms with van der Waals surface area (Å²) in [5.74, 6) is -4.00. The fourth-order valence-corrected chi connectivity index (χ4v) is 4.12. The van der Waals surface area contributed by atoms with E-state index in [4.69, 9.17) is 4.74 Å². The normalized spacial score (nSPS) is 25.6. The van der Waals surface area contributed by atoms with E-state index in [1.807, 2.05) is 0 Å². The number of alkyl halides is 2. The number of benzene rings is 1. The standard InChI is InChI=1S/C20H27F2NO3/c21-19(22)10-6-17(14-19)20(25,16-4-2-1-3-5-16)18(24)26-13-9-15-7-11-23-12-8-15/h1-5,15,17,23,25H,6-14H2. The number of ether oxygens (including phenoxy) is 1. The summed E-state index contributed by atoms with van der Waals surface area (Å²) in [4.78, 5) is 12.8. The van der Waals surface area contributed by atoms with Gasteiger partial charge in [-0.3, -0.25) is 0 Å². The Balaban J connectivity index is 1.69. The van der Waals surface area contributed by atoms with Crippen molar-refractivity contribution in [1.82, 2.24) is 5.32 Å². The predicted octanol–water partition coefficient (Wildman–Crippen LogP) is 3.24. The van der Waals surface area contributed by atoms with Crippen LogP contribution in [0, 0.1) is 11.8 Å². The number of esters is 1. The molecule has 2 atom stereocenters. The van der Waals surface area contributed by atoms with E-state index in [-0.39, 0.29) is 19.4 Å². The van der Waals surface area contributed by atoms with Crippen molar-refractivity contribution in [2.45, 2.75) is 50.0 Å². The molecule has 3 rings (SSSR count). The summed E-state index contributed by atoms with van der Waals surface area (Å²) in [6.07, 6.45) is 2.10. The number of hydrogen-bond acceptors (Lipinski definition) is 4. The molecule has 2 N–H and O–H groups in total. The predicted molar refractivity (Wildman–Crippen MR) is 93.8 cm³/mol. The van der Waals surface area contributed by atoms with Gasteiger partial charge in [0.25, 0.3) is 0 Å². The molecule has 1 saturated carbocycles. The summed E-state index contributed by atoms with van der Waals surface area (Å²) in [6.45, 7) is 2.13. The third-order valence-electron chi connectivity index (χ3n) is 5.74. The maximum atomic E-state index is 13.7. The van der Waals surface area contributed by atoms with Crippen LogP contribution in [-0.4, -0.2) is 36.7 Å². The van der Waals surface area contributed by atoms with Crippen LogP contribution in [0.4, 0.5) is 8.78 Å². The quantitative estimate of drug-likeness (QED) is 0.758. The van der Waals surface area contributed by atoms with Crippen LogP contribution >= 0.6 is 0 Å². The van der Waals surface area contributed by atoms with Gasteiger partial charge in [0, 0.05) is 18.8 Å². The molecule has 0 spiro atoms. The van der Waals surface area contributed by atoms with E-state index in [2.05, 4.69) is 5.32 Å². The lowest BCUT2D eigenvalue weighted by Gasteiger charge is -2.32. The molecule has 0 bridgehead atoms. The minimum atomic E-state index is -2.84. The third kappa shape index (κ3) is 4.23. The number of carbonyl (C=O) groups is 1. The molecule has 2 aliphatic rings. The number of rotatable bonds is 6. The first-order valence-corrected chi connectivity index (χ1v) is 9.45. The van der Waals surface area contributed by atoms with Gasteiger partial charge in [-0.25, -0.2) is 13.6 Å². The second-order valence-corrected chi connectivity index (χ2v) is 7.55. The van der Waals surface area contributed by atoms with Crippen LogP contribution < -0.4 is 5.32 Å². The number of carbonyl (C=O) groups excluding carboxylic acids is 1. The molecule has 2 unspecified atom stereocenters. The Morgan fingerprint density at radius 3 is 2.54 bits per heavy atom. The molecule has 1 aliphatic carbocycles. The first-order chi connectivity index (χ1) is 12.4. The van der Waals surface area contributed by atoms with Crippen molar-refractivity contribution in [3.63, 3.8) is 0 Å². The van der Waals surface area contributed by atoms with Gasteiger partial charge in [-0.1, -0.05) is 30.3 Å². The lowest BCUT2D eigenvalue weighted by Crippen LogP contribution is -2.44. The molecule has 1 aromatic carbocycles. The molecular formula is C20H27F2NO3. The summed E-state index contributed by atoms with van der Waals surface area (Å²) in [5, 5.41) is 14.5. The highest BCUT2D eigenvalue weighted by molar-refractivity contribution is 5.81. The van der Waals surface area contributed by atoms with Crippen molar-refractivity contribution in [3.8, 4) is 0 Å². The molecule has 1 saturated heterocycles. The second kappa shape index (κ2) is 8.01. The Bertz CT molecular complexity index is 604. The molecule has 1 aliphatic heterocycles. The van der Waals surface area contributed by atoms with E-state index in [1.165, 1.54) is 0 Å². The Morgan fingerprint density at radius 1 is 1.23 bits per heavy atom. The number of hydrogen-bond donors (Lipinski definition) is 2. The molecular weight excluding hydrogens is 340 g/mol. The van der Waals surface area contributed by atoms with Crippen molar-refractivity contribution in [2.24, 2.45) is 11.8 Å². The van der Waals surface area contributed by atoms with Crippen LogP contribution in [-0.2, 0) is 15.1 Å². The van der Waals surface area contributed by atoms with E-state index in [0.29, 0.717) is 11.5 Å². The highest BCUT2D eigenvalue weighted by Crippen LogP contribution is 2.47. The van der Waals surface area contributed by atoms with Gasteiger partial charge in [0.05, 0.1) is 6.61 Å². The highest BCUT2D eigenvalue weighted by Gasteiger charge is 2.54. The van der Waals surface area contributed by atoms with Crippen LogP contribution in [0.5, 0.6) is 0 Å².